The van der Waals surface area contributed by atoms with Crippen LogP contribution in [0.25, 0.3) is 11.0 Å². The highest BCUT2D eigenvalue weighted by Gasteiger charge is 2.14. The van der Waals surface area contributed by atoms with Gasteiger partial charge in [-0.15, -0.1) is 0 Å². The van der Waals surface area contributed by atoms with Crippen LogP contribution in [0.15, 0.2) is 48.5 Å². The summed E-state index contributed by atoms with van der Waals surface area (Å²) in [4.78, 5) is 17.1. The van der Waals surface area contributed by atoms with Crippen LogP contribution >= 0.6 is 0 Å². The number of carbonyl (C=O) groups excluding carboxylic acids is 1. The zero-order valence-corrected chi connectivity index (χ0v) is 19.8. The number of fused-ring (bicyclic) bond motifs is 1. The van der Waals surface area contributed by atoms with E-state index in [1.165, 1.54) is 5.56 Å². The Labute approximate surface area is 192 Å². The number of aryl methyl sites for hydroxylation is 3. The van der Waals surface area contributed by atoms with E-state index in [2.05, 4.69) is 61.0 Å². The summed E-state index contributed by atoms with van der Waals surface area (Å²) >= 11 is 0. The second-order valence-electron chi connectivity index (χ2n) is 8.28. The van der Waals surface area contributed by atoms with Gasteiger partial charge in [0.05, 0.1) is 17.6 Å². The molecule has 0 saturated heterocycles. The fourth-order valence-corrected chi connectivity index (χ4v) is 4.06. The van der Waals surface area contributed by atoms with Crippen molar-refractivity contribution in [2.24, 2.45) is 5.92 Å². The highest BCUT2D eigenvalue weighted by molar-refractivity contribution is 5.78. The second kappa shape index (κ2) is 12.3. The maximum absolute atomic E-state index is 12.2. The van der Waals surface area contributed by atoms with Gasteiger partial charge in [-0.05, 0) is 61.9 Å². The van der Waals surface area contributed by atoms with Crippen LogP contribution in [-0.4, -0.2) is 28.6 Å². The summed E-state index contributed by atoms with van der Waals surface area (Å²) in [6, 6.07) is 16.6. The molecule has 0 aliphatic carbocycles. The van der Waals surface area contributed by atoms with E-state index in [0.717, 1.165) is 67.7 Å². The van der Waals surface area contributed by atoms with E-state index in [0.29, 0.717) is 13.2 Å². The first-order valence-electron chi connectivity index (χ1n) is 12.1. The molecule has 0 radical (unpaired) electrons. The van der Waals surface area contributed by atoms with Gasteiger partial charge in [0.15, 0.2) is 0 Å². The lowest BCUT2D eigenvalue weighted by molar-refractivity contribution is -0.125. The van der Waals surface area contributed by atoms with Crippen LogP contribution in [0.2, 0.25) is 0 Å². The van der Waals surface area contributed by atoms with E-state index in [9.17, 15) is 4.79 Å². The summed E-state index contributed by atoms with van der Waals surface area (Å²) in [6.07, 6.45) is 5.46. The van der Waals surface area contributed by atoms with Crippen molar-refractivity contribution < 1.29 is 9.53 Å². The molecule has 32 heavy (non-hydrogen) atoms. The molecule has 1 amide bonds. The molecule has 3 aromatic rings. The number of imidazole rings is 1. The number of carbonyl (C=O) groups is 1. The van der Waals surface area contributed by atoms with Crippen LogP contribution in [0, 0.1) is 5.92 Å². The Morgan fingerprint density at radius 2 is 1.78 bits per heavy atom. The van der Waals surface area contributed by atoms with E-state index < -0.39 is 0 Å². The molecule has 0 aliphatic heterocycles. The molecule has 0 unspecified atom stereocenters. The van der Waals surface area contributed by atoms with Gasteiger partial charge in [0.1, 0.15) is 11.6 Å². The number of rotatable bonds is 13. The number of hydrogen-bond donors (Lipinski definition) is 1. The first-order chi connectivity index (χ1) is 15.7. The minimum atomic E-state index is 0.123. The van der Waals surface area contributed by atoms with Crippen LogP contribution in [0.5, 0.6) is 5.75 Å². The summed E-state index contributed by atoms with van der Waals surface area (Å²) in [7, 11) is 0. The van der Waals surface area contributed by atoms with Gasteiger partial charge < -0.3 is 14.6 Å². The summed E-state index contributed by atoms with van der Waals surface area (Å²) in [5.41, 5.74) is 3.51. The normalized spacial score (nSPS) is 11.2. The molecular formula is C27H37N3O2. The van der Waals surface area contributed by atoms with E-state index in [1.54, 1.807) is 0 Å². The zero-order chi connectivity index (χ0) is 22.8. The lowest BCUT2D eigenvalue weighted by Gasteiger charge is -2.13. The number of nitrogens with zero attached hydrogens (tertiary/aromatic N) is 2. The molecule has 5 heteroatoms. The average molecular weight is 436 g/mol. The molecule has 1 N–H and O–H groups in total. The van der Waals surface area contributed by atoms with Gasteiger partial charge in [-0.2, -0.15) is 0 Å². The number of aromatic nitrogens is 2. The maximum atomic E-state index is 12.2. The number of ether oxygens (including phenoxy) is 1. The molecule has 0 saturated carbocycles. The van der Waals surface area contributed by atoms with Gasteiger partial charge >= 0.3 is 0 Å². The third kappa shape index (κ3) is 6.35. The second-order valence-corrected chi connectivity index (χ2v) is 8.28. The van der Waals surface area contributed by atoms with Crippen LogP contribution in [-0.2, 0) is 24.2 Å². The number of benzene rings is 2. The highest BCUT2D eigenvalue weighted by atomic mass is 16.5. The van der Waals surface area contributed by atoms with E-state index in [4.69, 9.17) is 9.72 Å². The summed E-state index contributed by atoms with van der Waals surface area (Å²) in [5, 5.41) is 3.09. The predicted octanol–water partition coefficient (Wildman–Crippen LogP) is 5.55. The molecule has 3 rings (SSSR count). The van der Waals surface area contributed by atoms with E-state index in [1.807, 2.05) is 18.2 Å². The molecule has 1 aromatic heterocycles. The quantitative estimate of drug-likeness (QED) is 0.358. The first-order valence-corrected chi connectivity index (χ1v) is 12.1. The van der Waals surface area contributed by atoms with Crippen molar-refractivity contribution in [3.8, 4) is 5.75 Å². The summed E-state index contributed by atoms with van der Waals surface area (Å²) in [5.74, 6) is 2.30. The number of para-hydroxylation sites is 2. The zero-order valence-electron chi connectivity index (χ0n) is 19.8. The van der Waals surface area contributed by atoms with Crippen molar-refractivity contribution in [1.82, 2.24) is 14.9 Å². The monoisotopic (exact) mass is 435 g/mol. The van der Waals surface area contributed by atoms with Crippen LogP contribution < -0.4 is 10.1 Å². The molecular weight excluding hydrogens is 398 g/mol. The van der Waals surface area contributed by atoms with E-state index in [-0.39, 0.29) is 11.8 Å². The topological polar surface area (TPSA) is 56.1 Å². The average Bonchev–Trinajstić information content (AvgIpc) is 3.18. The van der Waals surface area contributed by atoms with Gasteiger partial charge in [-0.25, -0.2) is 4.98 Å². The van der Waals surface area contributed by atoms with Gasteiger partial charge in [0.25, 0.3) is 0 Å². The number of nitrogens with one attached hydrogen (secondary N) is 1. The fourth-order valence-electron chi connectivity index (χ4n) is 4.06. The molecule has 0 spiro atoms. The van der Waals surface area contributed by atoms with Crippen LogP contribution in [0.3, 0.4) is 0 Å². The van der Waals surface area contributed by atoms with Crippen molar-refractivity contribution in [3.63, 3.8) is 0 Å². The lowest BCUT2D eigenvalue weighted by Crippen LogP contribution is -2.31. The van der Waals surface area contributed by atoms with Crippen molar-refractivity contribution in [2.75, 3.05) is 13.2 Å². The van der Waals surface area contributed by atoms with Gasteiger partial charge in [-0.1, -0.05) is 45.0 Å². The van der Waals surface area contributed by atoms with Crippen molar-refractivity contribution in [2.45, 2.75) is 65.8 Å². The lowest BCUT2D eigenvalue weighted by atomic mass is 10.0. The first kappa shape index (κ1) is 23.8. The molecule has 5 nitrogen and oxygen atoms in total. The molecule has 0 bridgehead atoms. The van der Waals surface area contributed by atoms with Crippen molar-refractivity contribution >= 4 is 16.9 Å². The van der Waals surface area contributed by atoms with E-state index >= 15 is 0 Å². The molecule has 1 heterocycles. The van der Waals surface area contributed by atoms with Crippen LogP contribution in [0.4, 0.5) is 0 Å². The van der Waals surface area contributed by atoms with Gasteiger partial charge in [-0.3, -0.25) is 4.79 Å². The summed E-state index contributed by atoms with van der Waals surface area (Å²) in [6.45, 7) is 8.52. The fraction of sp³-hybridized carbons (Fsp3) is 0.481. The van der Waals surface area contributed by atoms with Crippen molar-refractivity contribution in [1.29, 1.82) is 0 Å². The predicted molar refractivity (Wildman–Crippen MR) is 131 cm³/mol. The van der Waals surface area contributed by atoms with Crippen LogP contribution in [0.1, 0.15) is 57.8 Å². The third-order valence-electron chi connectivity index (χ3n) is 6.09. The van der Waals surface area contributed by atoms with Gasteiger partial charge in [0.2, 0.25) is 5.91 Å². The Kier molecular flexibility index (Phi) is 9.14. The Morgan fingerprint density at radius 1 is 1.03 bits per heavy atom. The maximum Gasteiger partial charge on any atom is 0.223 e. The Bertz CT molecular complexity index is 974. The smallest absolute Gasteiger partial charge is 0.223 e. The molecule has 172 valence electrons. The Balaban J connectivity index is 1.54. The number of hydrogen-bond acceptors (Lipinski definition) is 3. The largest absolute Gasteiger partial charge is 0.494 e. The Hall–Kier alpha value is -2.82. The SMILES string of the molecule is CCc1ccc(OCCCn2c(CCCNC(=O)C(CC)CC)nc3ccccc32)cc1. The number of amides is 1. The van der Waals surface area contributed by atoms with Gasteiger partial charge in [0, 0.05) is 25.4 Å². The standard InChI is InChI=1S/C27H37N3O2/c1-4-21-14-16-23(17-15-21)32-20-10-19-30-25-12-8-7-11-24(25)29-26(30)13-9-18-28-27(31)22(5-2)6-3/h7-8,11-12,14-17,22H,4-6,9-10,13,18-20H2,1-3H3,(H,28,31). The molecule has 0 fully saturated rings. The highest BCUT2D eigenvalue weighted by Crippen LogP contribution is 2.18. The molecule has 0 atom stereocenters. The molecule has 0 aliphatic rings. The third-order valence-corrected chi connectivity index (χ3v) is 6.09. The Morgan fingerprint density at radius 3 is 2.50 bits per heavy atom. The molecule has 2 aromatic carbocycles. The summed E-state index contributed by atoms with van der Waals surface area (Å²) < 4.78 is 8.25. The minimum absolute atomic E-state index is 0.123. The van der Waals surface area contributed by atoms with Crippen molar-refractivity contribution in [3.05, 3.63) is 59.9 Å². The minimum Gasteiger partial charge on any atom is -0.494 e.